The highest BCUT2D eigenvalue weighted by Gasteiger charge is 2.07. The summed E-state index contributed by atoms with van der Waals surface area (Å²) in [5.74, 6) is 1.42. The molecule has 0 aliphatic heterocycles. The lowest BCUT2D eigenvalue weighted by Crippen LogP contribution is -2.16. The Kier molecular flexibility index (Phi) is 5.82. The predicted octanol–water partition coefficient (Wildman–Crippen LogP) is 5.14. The van der Waals surface area contributed by atoms with Gasteiger partial charge in [0, 0.05) is 0 Å². The van der Waals surface area contributed by atoms with E-state index in [4.69, 9.17) is 9.47 Å². The Labute approximate surface area is 127 Å². The van der Waals surface area contributed by atoms with E-state index in [1.807, 2.05) is 37.3 Å². The standard InChI is InChI=1S/C19H24O2/c1-4-15(2)18-11-8-12-19(13-18)21-16(3)20-14-17-9-6-5-7-10-17/h5-13,15-16H,4,14H2,1-3H3. The van der Waals surface area contributed by atoms with E-state index >= 15 is 0 Å². The molecular formula is C19H24O2. The van der Waals surface area contributed by atoms with E-state index in [9.17, 15) is 0 Å². The molecule has 0 amide bonds. The largest absolute Gasteiger partial charge is 0.465 e. The van der Waals surface area contributed by atoms with Gasteiger partial charge in [-0.3, -0.25) is 0 Å². The maximum absolute atomic E-state index is 5.85. The van der Waals surface area contributed by atoms with Gasteiger partial charge in [0.1, 0.15) is 5.75 Å². The van der Waals surface area contributed by atoms with Crippen molar-refractivity contribution in [3.63, 3.8) is 0 Å². The summed E-state index contributed by atoms with van der Waals surface area (Å²) in [5, 5.41) is 0. The average molecular weight is 284 g/mol. The Bertz CT molecular complexity index is 536. The van der Waals surface area contributed by atoms with Crippen molar-refractivity contribution in [2.75, 3.05) is 0 Å². The van der Waals surface area contributed by atoms with Crippen molar-refractivity contribution in [3.05, 3.63) is 65.7 Å². The number of benzene rings is 2. The van der Waals surface area contributed by atoms with Crippen LogP contribution in [0.25, 0.3) is 0 Å². The van der Waals surface area contributed by atoms with Crippen LogP contribution in [0.5, 0.6) is 5.75 Å². The molecular weight excluding hydrogens is 260 g/mol. The Morgan fingerprint density at radius 2 is 1.71 bits per heavy atom. The monoisotopic (exact) mass is 284 g/mol. The van der Waals surface area contributed by atoms with Crippen LogP contribution in [0.15, 0.2) is 54.6 Å². The van der Waals surface area contributed by atoms with E-state index in [1.165, 1.54) is 5.56 Å². The van der Waals surface area contributed by atoms with Crippen molar-refractivity contribution >= 4 is 0 Å². The lowest BCUT2D eigenvalue weighted by atomic mass is 9.99. The van der Waals surface area contributed by atoms with Crippen LogP contribution in [0, 0.1) is 0 Å². The molecule has 0 aromatic heterocycles. The number of ether oxygens (including phenoxy) is 2. The van der Waals surface area contributed by atoms with Gasteiger partial charge in [-0.1, -0.05) is 56.3 Å². The molecule has 0 saturated carbocycles. The van der Waals surface area contributed by atoms with Gasteiger partial charge in [0.15, 0.2) is 6.29 Å². The highest BCUT2D eigenvalue weighted by molar-refractivity contribution is 5.30. The molecule has 112 valence electrons. The van der Waals surface area contributed by atoms with E-state index in [0.717, 1.165) is 17.7 Å². The smallest absolute Gasteiger partial charge is 0.197 e. The SMILES string of the molecule is CCC(C)c1cccc(OC(C)OCc2ccccc2)c1. The van der Waals surface area contributed by atoms with Gasteiger partial charge in [-0.25, -0.2) is 0 Å². The molecule has 2 aromatic carbocycles. The average Bonchev–Trinajstić information content (AvgIpc) is 2.53. The quantitative estimate of drug-likeness (QED) is 0.655. The second-order valence-corrected chi connectivity index (χ2v) is 5.36. The first kappa shape index (κ1) is 15.6. The Morgan fingerprint density at radius 3 is 2.43 bits per heavy atom. The molecule has 0 spiro atoms. The Balaban J connectivity index is 1.89. The second-order valence-electron chi connectivity index (χ2n) is 5.36. The number of hydrogen-bond donors (Lipinski definition) is 0. The van der Waals surface area contributed by atoms with E-state index in [-0.39, 0.29) is 6.29 Å². The van der Waals surface area contributed by atoms with Crippen LogP contribution in [0.4, 0.5) is 0 Å². The minimum absolute atomic E-state index is 0.266. The molecule has 2 rings (SSSR count). The van der Waals surface area contributed by atoms with Crippen LogP contribution in [-0.4, -0.2) is 6.29 Å². The van der Waals surface area contributed by atoms with Crippen LogP contribution in [0.1, 0.15) is 44.2 Å². The summed E-state index contributed by atoms with van der Waals surface area (Å²) in [7, 11) is 0. The molecule has 0 N–H and O–H groups in total. The van der Waals surface area contributed by atoms with Gasteiger partial charge in [0.25, 0.3) is 0 Å². The third-order valence-electron chi connectivity index (χ3n) is 3.67. The van der Waals surface area contributed by atoms with Gasteiger partial charge in [-0.15, -0.1) is 0 Å². The maximum atomic E-state index is 5.85. The third-order valence-corrected chi connectivity index (χ3v) is 3.67. The van der Waals surface area contributed by atoms with Gasteiger partial charge in [0.05, 0.1) is 6.61 Å². The van der Waals surface area contributed by atoms with Crippen molar-refractivity contribution < 1.29 is 9.47 Å². The zero-order valence-corrected chi connectivity index (χ0v) is 13.1. The number of hydrogen-bond acceptors (Lipinski definition) is 2. The molecule has 0 radical (unpaired) electrons. The molecule has 0 fully saturated rings. The molecule has 2 nitrogen and oxygen atoms in total. The first-order valence-corrected chi connectivity index (χ1v) is 7.61. The fourth-order valence-corrected chi connectivity index (χ4v) is 2.14. The zero-order chi connectivity index (χ0) is 15.1. The lowest BCUT2D eigenvalue weighted by molar-refractivity contribution is -0.0759. The molecule has 2 aromatic rings. The van der Waals surface area contributed by atoms with Crippen molar-refractivity contribution in [2.24, 2.45) is 0 Å². The van der Waals surface area contributed by atoms with Crippen LogP contribution < -0.4 is 4.74 Å². The van der Waals surface area contributed by atoms with Crippen LogP contribution in [-0.2, 0) is 11.3 Å². The van der Waals surface area contributed by atoms with Gasteiger partial charge >= 0.3 is 0 Å². The van der Waals surface area contributed by atoms with Crippen molar-refractivity contribution in [1.82, 2.24) is 0 Å². The van der Waals surface area contributed by atoms with E-state index in [2.05, 4.69) is 38.1 Å². The molecule has 2 unspecified atom stereocenters. The van der Waals surface area contributed by atoms with Gasteiger partial charge < -0.3 is 9.47 Å². The predicted molar refractivity (Wildman–Crippen MR) is 86.5 cm³/mol. The summed E-state index contributed by atoms with van der Waals surface area (Å²) in [6.07, 6.45) is 0.862. The molecule has 0 aliphatic carbocycles. The summed E-state index contributed by atoms with van der Waals surface area (Å²) in [5.41, 5.74) is 2.46. The highest BCUT2D eigenvalue weighted by Crippen LogP contribution is 2.23. The fourth-order valence-electron chi connectivity index (χ4n) is 2.14. The number of rotatable bonds is 7. The lowest BCUT2D eigenvalue weighted by Gasteiger charge is -2.17. The van der Waals surface area contributed by atoms with Gasteiger partial charge in [-0.05, 0) is 42.5 Å². The molecule has 0 bridgehead atoms. The first-order valence-electron chi connectivity index (χ1n) is 7.61. The second kappa shape index (κ2) is 7.84. The summed E-state index contributed by atoms with van der Waals surface area (Å²) in [4.78, 5) is 0. The Morgan fingerprint density at radius 1 is 0.952 bits per heavy atom. The first-order chi connectivity index (χ1) is 10.2. The summed E-state index contributed by atoms with van der Waals surface area (Å²) < 4.78 is 11.6. The molecule has 0 saturated heterocycles. The zero-order valence-electron chi connectivity index (χ0n) is 13.1. The van der Waals surface area contributed by atoms with Crippen molar-refractivity contribution in [1.29, 1.82) is 0 Å². The van der Waals surface area contributed by atoms with Crippen LogP contribution in [0.2, 0.25) is 0 Å². The fraction of sp³-hybridized carbons (Fsp3) is 0.368. The molecule has 2 atom stereocenters. The normalized spacial score (nSPS) is 13.7. The maximum Gasteiger partial charge on any atom is 0.197 e. The van der Waals surface area contributed by atoms with Crippen molar-refractivity contribution in [2.45, 2.75) is 46.0 Å². The Hall–Kier alpha value is -1.80. The summed E-state index contributed by atoms with van der Waals surface area (Å²) >= 11 is 0. The molecule has 2 heteroatoms. The van der Waals surface area contributed by atoms with Gasteiger partial charge in [0.2, 0.25) is 0 Å². The minimum atomic E-state index is -0.266. The summed E-state index contributed by atoms with van der Waals surface area (Å²) in [6, 6.07) is 18.4. The van der Waals surface area contributed by atoms with Gasteiger partial charge in [-0.2, -0.15) is 0 Å². The van der Waals surface area contributed by atoms with E-state index in [1.54, 1.807) is 0 Å². The summed E-state index contributed by atoms with van der Waals surface area (Å²) in [6.45, 7) is 6.92. The third kappa shape index (κ3) is 4.91. The minimum Gasteiger partial charge on any atom is -0.465 e. The van der Waals surface area contributed by atoms with Crippen LogP contribution >= 0.6 is 0 Å². The molecule has 0 heterocycles. The van der Waals surface area contributed by atoms with E-state index in [0.29, 0.717) is 12.5 Å². The topological polar surface area (TPSA) is 18.5 Å². The van der Waals surface area contributed by atoms with Crippen LogP contribution in [0.3, 0.4) is 0 Å². The molecule has 21 heavy (non-hydrogen) atoms. The van der Waals surface area contributed by atoms with E-state index < -0.39 is 0 Å². The molecule has 0 aliphatic rings. The highest BCUT2D eigenvalue weighted by atomic mass is 16.7. The van der Waals surface area contributed by atoms with Crippen molar-refractivity contribution in [3.8, 4) is 5.75 Å².